The number of nitrogens with zero attached hydrogens (tertiary/aromatic N) is 1. The lowest BCUT2D eigenvalue weighted by molar-refractivity contribution is -0.348. The van der Waals surface area contributed by atoms with Crippen molar-refractivity contribution in [3.05, 3.63) is 29.8 Å². The SMILES string of the molecule is CCN(CC)c1ccccc1C(CC(F)(C(F)(F)F)C(F)(F)F)OC. The minimum Gasteiger partial charge on any atom is -0.377 e. The quantitative estimate of drug-likeness (QED) is 0.588. The van der Waals surface area contributed by atoms with E-state index in [4.69, 9.17) is 4.74 Å². The molecule has 0 saturated heterocycles. The second kappa shape index (κ2) is 7.80. The second-order valence-corrected chi connectivity index (χ2v) is 5.46. The van der Waals surface area contributed by atoms with E-state index >= 15 is 0 Å². The summed E-state index contributed by atoms with van der Waals surface area (Å²) < 4.78 is 96.0. The molecule has 1 aromatic rings. The van der Waals surface area contributed by atoms with Gasteiger partial charge in [-0.05, 0) is 19.9 Å². The molecule has 0 amide bonds. The molecule has 144 valence electrons. The van der Waals surface area contributed by atoms with Crippen molar-refractivity contribution in [3.63, 3.8) is 0 Å². The number of halogens is 7. The van der Waals surface area contributed by atoms with Gasteiger partial charge in [-0.2, -0.15) is 26.3 Å². The highest BCUT2D eigenvalue weighted by atomic mass is 19.4. The standard InChI is InChI=1S/C16H20F7NO/c1-4-24(5-2)12-9-7-6-8-11(12)13(25-3)10-14(17,15(18,19)20)16(21,22)23/h6-9,13H,4-5,10H2,1-3H3. The Kier molecular flexibility index (Phi) is 6.72. The number of ether oxygens (including phenoxy) is 1. The van der Waals surface area contributed by atoms with Crippen molar-refractivity contribution < 1.29 is 35.5 Å². The van der Waals surface area contributed by atoms with Gasteiger partial charge in [0.2, 0.25) is 0 Å². The Balaban J connectivity index is 3.36. The first-order chi connectivity index (χ1) is 11.4. The largest absolute Gasteiger partial charge is 0.431 e. The molecule has 1 atom stereocenters. The summed E-state index contributed by atoms with van der Waals surface area (Å²) in [5.41, 5.74) is -4.88. The van der Waals surface area contributed by atoms with Crippen molar-refractivity contribution in [2.24, 2.45) is 0 Å². The third-order valence-electron chi connectivity index (χ3n) is 4.04. The number of hydrogen-bond donors (Lipinski definition) is 0. The first-order valence-electron chi connectivity index (χ1n) is 7.61. The molecule has 0 saturated carbocycles. The van der Waals surface area contributed by atoms with Crippen molar-refractivity contribution in [2.45, 2.75) is 44.4 Å². The Bertz CT molecular complexity index is 538. The summed E-state index contributed by atoms with van der Waals surface area (Å²) in [4.78, 5) is 1.74. The van der Waals surface area contributed by atoms with Crippen molar-refractivity contribution in [3.8, 4) is 0 Å². The fourth-order valence-corrected chi connectivity index (χ4v) is 2.58. The summed E-state index contributed by atoms with van der Waals surface area (Å²) in [6.07, 6.45) is -15.8. The van der Waals surface area contributed by atoms with Crippen LogP contribution in [0.2, 0.25) is 0 Å². The zero-order valence-corrected chi connectivity index (χ0v) is 14.0. The van der Waals surface area contributed by atoms with Crippen LogP contribution in [0.15, 0.2) is 24.3 Å². The molecule has 0 aliphatic heterocycles. The Morgan fingerprint density at radius 2 is 1.40 bits per heavy atom. The summed E-state index contributed by atoms with van der Waals surface area (Å²) in [6, 6.07) is 5.94. The van der Waals surface area contributed by atoms with E-state index in [0.717, 1.165) is 7.11 Å². The van der Waals surface area contributed by atoms with E-state index in [1.165, 1.54) is 12.1 Å². The summed E-state index contributed by atoms with van der Waals surface area (Å²) in [6.45, 7) is 4.52. The number of anilines is 1. The minimum atomic E-state index is -6.10. The van der Waals surface area contributed by atoms with Crippen LogP contribution in [0.5, 0.6) is 0 Å². The molecule has 0 N–H and O–H groups in total. The van der Waals surface area contributed by atoms with E-state index < -0.39 is 30.5 Å². The van der Waals surface area contributed by atoms with E-state index in [9.17, 15) is 30.7 Å². The Morgan fingerprint density at radius 3 is 1.80 bits per heavy atom. The van der Waals surface area contributed by atoms with Gasteiger partial charge in [0.1, 0.15) is 0 Å². The summed E-state index contributed by atoms with van der Waals surface area (Å²) in [5, 5.41) is 0. The van der Waals surface area contributed by atoms with Crippen LogP contribution in [0.4, 0.5) is 36.4 Å². The lowest BCUT2D eigenvalue weighted by Gasteiger charge is -2.34. The molecule has 0 aliphatic carbocycles. The fourth-order valence-electron chi connectivity index (χ4n) is 2.58. The van der Waals surface area contributed by atoms with E-state index in [1.807, 2.05) is 0 Å². The molecule has 0 radical (unpaired) electrons. The number of alkyl halides is 7. The van der Waals surface area contributed by atoms with Gasteiger partial charge in [0, 0.05) is 37.9 Å². The molecule has 1 unspecified atom stereocenters. The molecule has 2 nitrogen and oxygen atoms in total. The van der Waals surface area contributed by atoms with Gasteiger partial charge in [0.05, 0.1) is 6.10 Å². The van der Waals surface area contributed by atoms with Gasteiger partial charge < -0.3 is 9.64 Å². The summed E-state index contributed by atoms with van der Waals surface area (Å²) in [5.74, 6) is 0. The normalized spacial score (nSPS) is 14.5. The van der Waals surface area contributed by atoms with Gasteiger partial charge in [0.25, 0.3) is 0 Å². The van der Waals surface area contributed by atoms with E-state index in [1.54, 1.807) is 30.9 Å². The van der Waals surface area contributed by atoms with Crippen molar-refractivity contribution >= 4 is 5.69 Å². The van der Waals surface area contributed by atoms with E-state index in [0.29, 0.717) is 18.8 Å². The molecule has 1 aromatic carbocycles. The number of benzene rings is 1. The number of para-hydroxylation sites is 1. The Morgan fingerprint density at radius 1 is 0.920 bits per heavy atom. The Hall–Kier alpha value is -1.51. The van der Waals surface area contributed by atoms with Crippen LogP contribution in [0.1, 0.15) is 31.9 Å². The van der Waals surface area contributed by atoms with Crippen LogP contribution < -0.4 is 4.90 Å². The third-order valence-corrected chi connectivity index (χ3v) is 4.04. The molecule has 0 bridgehead atoms. The van der Waals surface area contributed by atoms with Crippen LogP contribution in [-0.4, -0.2) is 38.2 Å². The van der Waals surface area contributed by atoms with Gasteiger partial charge >= 0.3 is 18.0 Å². The number of hydrogen-bond acceptors (Lipinski definition) is 2. The van der Waals surface area contributed by atoms with Gasteiger partial charge in [0.15, 0.2) is 0 Å². The molecule has 9 heteroatoms. The van der Waals surface area contributed by atoms with Crippen molar-refractivity contribution in [2.75, 3.05) is 25.1 Å². The maximum Gasteiger partial charge on any atom is 0.431 e. The van der Waals surface area contributed by atoms with E-state index in [2.05, 4.69) is 0 Å². The highest BCUT2D eigenvalue weighted by Crippen LogP contribution is 2.51. The van der Waals surface area contributed by atoms with Crippen LogP contribution in [0.3, 0.4) is 0 Å². The minimum absolute atomic E-state index is 0.0734. The van der Waals surface area contributed by atoms with Crippen LogP contribution in [0, 0.1) is 0 Å². The summed E-state index contributed by atoms with van der Waals surface area (Å²) >= 11 is 0. The predicted octanol–water partition coefficient (Wildman–Crippen LogP) is 5.44. The van der Waals surface area contributed by atoms with Gasteiger partial charge in [-0.25, -0.2) is 4.39 Å². The monoisotopic (exact) mass is 375 g/mol. The smallest absolute Gasteiger partial charge is 0.377 e. The zero-order valence-electron chi connectivity index (χ0n) is 14.0. The third kappa shape index (κ3) is 4.37. The number of methoxy groups -OCH3 is 1. The van der Waals surface area contributed by atoms with Crippen LogP contribution >= 0.6 is 0 Å². The zero-order chi connectivity index (χ0) is 19.5. The average molecular weight is 375 g/mol. The maximum atomic E-state index is 14.1. The predicted molar refractivity (Wildman–Crippen MR) is 80.3 cm³/mol. The topological polar surface area (TPSA) is 12.5 Å². The molecule has 0 fully saturated rings. The molecule has 0 heterocycles. The van der Waals surface area contributed by atoms with Gasteiger partial charge in [-0.3, -0.25) is 0 Å². The lowest BCUT2D eigenvalue weighted by atomic mass is 9.91. The highest BCUT2D eigenvalue weighted by Gasteiger charge is 2.72. The van der Waals surface area contributed by atoms with Crippen LogP contribution in [0.25, 0.3) is 0 Å². The molecular weight excluding hydrogens is 355 g/mol. The summed E-state index contributed by atoms with van der Waals surface area (Å²) in [7, 11) is 0.955. The molecule has 1 rings (SSSR count). The van der Waals surface area contributed by atoms with E-state index in [-0.39, 0.29) is 5.56 Å². The first kappa shape index (κ1) is 21.5. The number of rotatable bonds is 7. The molecular formula is C16H20F7NO. The lowest BCUT2D eigenvalue weighted by Crippen LogP contribution is -2.54. The van der Waals surface area contributed by atoms with Crippen molar-refractivity contribution in [1.82, 2.24) is 0 Å². The highest BCUT2D eigenvalue weighted by molar-refractivity contribution is 5.54. The van der Waals surface area contributed by atoms with Gasteiger partial charge in [-0.15, -0.1) is 0 Å². The Labute approximate surface area is 141 Å². The van der Waals surface area contributed by atoms with Crippen molar-refractivity contribution in [1.29, 1.82) is 0 Å². The average Bonchev–Trinajstić information content (AvgIpc) is 2.52. The molecule has 0 aromatic heterocycles. The second-order valence-electron chi connectivity index (χ2n) is 5.46. The van der Waals surface area contributed by atoms with Crippen LogP contribution in [-0.2, 0) is 4.74 Å². The fraction of sp³-hybridized carbons (Fsp3) is 0.625. The maximum absolute atomic E-state index is 14.1. The van der Waals surface area contributed by atoms with Gasteiger partial charge in [-0.1, -0.05) is 18.2 Å². The molecule has 0 spiro atoms. The molecule has 25 heavy (non-hydrogen) atoms. The molecule has 0 aliphatic rings. The first-order valence-corrected chi connectivity index (χ1v) is 7.61.